The summed E-state index contributed by atoms with van der Waals surface area (Å²) in [4.78, 5) is 0. The van der Waals surface area contributed by atoms with Gasteiger partial charge in [0.2, 0.25) is 0 Å². The van der Waals surface area contributed by atoms with Crippen molar-refractivity contribution in [3.05, 3.63) is 42.0 Å². The molecule has 0 aliphatic carbocycles. The van der Waals surface area contributed by atoms with Crippen LogP contribution >= 0.6 is 0 Å². The number of nitrogens with zero attached hydrogens (tertiary/aromatic N) is 1. The maximum absolute atomic E-state index is 3.88. The Balaban J connectivity index is 2.50. The van der Waals surface area contributed by atoms with Gasteiger partial charge >= 0.3 is 103 Å². The number of hydrogen-bond acceptors (Lipinski definition) is 1. The molecule has 0 spiro atoms. The van der Waals surface area contributed by atoms with E-state index >= 15 is 0 Å². The molecule has 0 saturated carbocycles. The van der Waals surface area contributed by atoms with Gasteiger partial charge in [0.15, 0.2) is 0 Å². The zero-order chi connectivity index (χ0) is 11.1. The molecule has 0 aromatic heterocycles. The van der Waals surface area contributed by atoms with Crippen LogP contribution in [0.25, 0.3) is 0 Å². The van der Waals surface area contributed by atoms with Crippen LogP contribution in [0, 0.1) is 6.92 Å². The van der Waals surface area contributed by atoms with Crippen LogP contribution in [-0.4, -0.2) is 31.4 Å². The average Bonchev–Trinajstić information content (AvgIpc) is 2.39. The van der Waals surface area contributed by atoms with E-state index in [1.165, 1.54) is 11.1 Å². The van der Waals surface area contributed by atoms with Crippen LogP contribution in [0.15, 0.2) is 30.9 Å². The molecule has 1 aromatic rings. The van der Waals surface area contributed by atoms with Crippen molar-refractivity contribution in [1.29, 1.82) is 0 Å². The Hall–Kier alpha value is -0.290. The molecule has 0 N–H and O–H groups in total. The number of hydrogen-bond donors (Lipinski definition) is 0. The van der Waals surface area contributed by atoms with Gasteiger partial charge < -0.3 is 0 Å². The van der Waals surface area contributed by atoms with Gasteiger partial charge in [-0.05, 0) is 0 Å². The number of benzene rings is 1. The molecule has 0 fully saturated rings. The molecule has 2 heteroatoms. The van der Waals surface area contributed by atoms with Crippen molar-refractivity contribution in [3.63, 3.8) is 0 Å². The third-order valence-electron chi connectivity index (χ3n) is 3.19. The van der Waals surface area contributed by atoms with Crippen molar-refractivity contribution in [2.45, 2.75) is 25.8 Å². The fourth-order valence-electron chi connectivity index (χ4n) is 2.09. The molecular weight excluding hydrogens is 298 g/mol. The summed E-state index contributed by atoms with van der Waals surface area (Å²) in [7, 11) is 2.25. The zero-order valence-corrected chi connectivity index (χ0v) is 11.9. The second-order valence-electron chi connectivity index (χ2n) is 4.36. The van der Waals surface area contributed by atoms with Crippen LogP contribution in [0.4, 0.5) is 0 Å². The van der Waals surface area contributed by atoms with Crippen LogP contribution in [0.5, 0.6) is 0 Å². The fraction of sp³-hybridized carbons (Fsp3) is 0.385. The van der Waals surface area contributed by atoms with E-state index in [0.29, 0.717) is 0 Å². The standard InChI is InChI=1S/C13H17NTe/c1-5-8-13(3)11-7-6-10(2)9-12(11)15-14(13)4/h5-7,9H,1,8H2,2-4H3. The molecular formula is C13H17NTe. The van der Waals surface area contributed by atoms with E-state index in [1.807, 2.05) is 6.08 Å². The van der Waals surface area contributed by atoms with Crippen LogP contribution < -0.4 is 3.61 Å². The van der Waals surface area contributed by atoms with Gasteiger partial charge in [-0.25, -0.2) is 0 Å². The normalized spacial score (nSPS) is 25.3. The molecule has 2 rings (SSSR count). The van der Waals surface area contributed by atoms with E-state index in [4.69, 9.17) is 0 Å². The van der Waals surface area contributed by atoms with Crippen LogP contribution in [0.2, 0.25) is 0 Å². The van der Waals surface area contributed by atoms with Gasteiger partial charge in [-0.15, -0.1) is 0 Å². The van der Waals surface area contributed by atoms with Gasteiger partial charge in [0.25, 0.3) is 0 Å². The molecule has 1 aliphatic rings. The summed E-state index contributed by atoms with van der Waals surface area (Å²) in [5, 5.41) is 0. The first kappa shape index (κ1) is 11.2. The Morgan fingerprint density at radius 1 is 1.53 bits per heavy atom. The third-order valence-corrected chi connectivity index (χ3v) is 6.65. The summed E-state index contributed by atoms with van der Waals surface area (Å²) in [6.07, 6.45) is 3.09. The summed E-state index contributed by atoms with van der Waals surface area (Å²) >= 11 is -0.161. The molecule has 15 heavy (non-hydrogen) atoms. The van der Waals surface area contributed by atoms with E-state index < -0.39 is 0 Å². The Morgan fingerprint density at radius 3 is 2.93 bits per heavy atom. The molecule has 0 saturated heterocycles. The van der Waals surface area contributed by atoms with Crippen molar-refractivity contribution < 1.29 is 0 Å². The third kappa shape index (κ3) is 1.76. The van der Waals surface area contributed by atoms with Gasteiger partial charge in [-0.2, -0.15) is 0 Å². The van der Waals surface area contributed by atoms with E-state index in [9.17, 15) is 0 Å². The monoisotopic (exact) mass is 317 g/mol. The molecule has 0 bridgehead atoms. The Bertz CT molecular complexity index is 400. The molecule has 1 aromatic carbocycles. The van der Waals surface area contributed by atoms with Crippen molar-refractivity contribution in [3.8, 4) is 0 Å². The minimum atomic E-state index is -0.161. The maximum atomic E-state index is 3.88. The van der Waals surface area contributed by atoms with E-state index in [-0.39, 0.29) is 26.7 Å². The van der Waals surface area contributed by atoms with Crippen molar-refractivity contribution in [2.24, 2.45) is 0 Å². The Labute approximate surface area is 103 Å². The summed E-state index contributed by atoms with van der Waals surface area (Å²) in [6, 6.07) is 6.90. The number of aryl methyl sites for hydroxylation is 1. The molecule has 1 heterocycles. The summed E-state index contributed by atoms with van der Waals surface area (Å²) in [5.41, 5.74) is 3.11. The van der Waals surface area contributed by atoms with E-state index in [2.05, 4.69) is 48.8 Å². The molecule has 1 nitrogen and oxygen atoms in total. The second kappa shape index (κ2) is 3.94. The van der Waals surface area contributed by atoms with Crippen molar-refractivity contribution >= 4 is 24.8 Å². The summed E-state index contributed by atoms with van der Waals surface area (Å²) < 4.78 is 4.15. The summed E-state index contributed by atoms with van der Waals surface area (Å²) in [5.74, 6) is 0. The second-order valence-corrected chi connectivity index (χ2v) is 7.69. The van der Waals surface area contributed by atoms with Crippen molar-refractivity contribution in [2.75, 3.05) is 7.05 Å². The van der Waals surface area contributed by atoms with Gasteiger partial charge in [0.1, 0.15) is 0 Å². The van der Waals surface area contributed by atoms with Gasteiger partial charge in [0.05, 0.1) is 0 Å². The molecule has 1 atom stereocenters. The van der Waals surface area contributed by atoms with Crippen LogP contribution in [0.1, 0.15) is 24.5 Å². The average molecular weight is 315 g/mol. The Kier molecular flexibility index (Phi) is 2.94. The molecule has 0 radical (unpaired) electrons. The number of rotatable bonds is 2. The number of fused-ring (bicyclic) bond motifs is 1. The van der Waals surface area contributed by atoms with Gasteiger partial charge in [0, 0.05) is 0 Å². The topological polar surface area (TPSA) is 3.24 Å². The predicted molar refractivity (Wildman–Crippen MR) is 66.5 cm³/mol. The Morgan fingerprint density at radius 2 is 2.27 bits per heavy atom. The first-order valence-corrected chi connectivity index (χ1v) is 7.42. The first-order chi connectivity index (χ1) is 7.08. The fourth-order valence-corrected chi connectivity index (χ4v) is 5.78. The van der Waals surface area contributed by atoms with Gasteiger partial charge in [-0.3, -0.25) is 0 Å². The van der Waals surface area contributed by atoms with Gasteiger partial charge in [-0.1, -0.05) is 0 Å². The molecule has 0 amide bonds. The van der Waals surface area contributed by atoms with Crippen LogP contribution in [0.3, 0.4) is 0 Å². The molecule has 1 unspecified atom stereocenters. The predicted octanol–water partition coefficient (Wildman–Crippen LogP) is 1.98. The zero-order valence-electron chi connectivity index (χ0n) is 9.58. The quantitative estimate of drug-likeness (QED) is 0.596. The first-order valence-electron chi connectivity index (χ1n) is 5.22. The molecule has 80 valence electrons. The summed E-state index contributed by atoms with van der Waals surface area (Å²) in [6.45, 7) is 8.39. The van der Waals surface area contributed by atoms with Crippen LogP contribution in [-0.2, 0) is 5.54 Å². The van der Waals surface area contributed by atoms with E-state index in [0.717, 1.165) is 6.42 Å². The van der Waals surface area contributed by atoms with E-state index in [1.54, 1.807) is 3.61 Å². The van der Waals surface area contributed by atoms with Crippen molar-refractivity contribution in [1.82, 2.24) is 3.15 Å². The molecule has 1 aliphatic heterocycles. The SMILES string of the molecule is C=CCC1(C)c2ccc(C)cc2[Te]N1C. The minimum absolute atomic E-state index is 0.161.